The molecule has 0 aromatic heterocycles. The van der Waals surface area contributed by atoms with E-state index in [0.29, 0.717) is 0 Å². The van der Waals surface area contributed by atoms with Crippen molar-refractivity contribution in [3.63, 3.8) is 0 Å². The Bertz CT molecular complexity index is 166. The van der Waals surface area contributed by atoms with Crippen LogP contribution in [-0.4, -0.2) is 23.3 Å². The van der Waals surface area contributed by atoms with Gasteiger partial charge in [0, 0.05) is 6.42 Å². The Morgan fingerprint density at radius 1 is 1.50 bits per heavy atom. The first kappa shape index (κ1) is 6.16. The minimum atomic E-state index is -0.400. The maximum atomic E-state index is 10.9. The summed E-state index contributed by atoms with van der Waals surface area (Å²) in [4.78, 5) is 10.9. The lowest BCUT2D eigenvalue weighted by Crippen LogP contribution is -2.28. The van der Waals surface area contributed by atoms with Gasteiger partial charge in [-0.1, -0.05) is 0 Å². The number of carbonyl (C=O) groups is 1. The average Bonchev–Trinajstić information content (AvgIpc) is 2.21. The molecule has 0 aromatic carbocycles. The molecule has 1 N–H and O–H groups in total. The van der Waals surface area contributed by atoms with Gasteiger partial charge >= 0.3 is 5.97 Å². The van der Waals surface area contributed by atoms with Gasteiger partial charge in [0.2, 0.25) is 0 Å². The summed E-state index contributed by atoms with van der Waals surface area (Å²) in [5.41, 5.74) is 0. The van der Waals surface area contributed by atoms with Crippen LogP contribution in [0.4, 0.5) is 0 Å². The second-order valence-electron chi connectivity index (χ2n) is 3.05. The Morgan fingerprint density at radius 2 is 2.30 bits per heavy atom. The van der Waals surface area contributed by atoms with Crippen LogP contribution in [0, 0.1) is 5.92 Å². The van der Waals surface area contributed by atoms with E-state index in [0.717, 1.165) is 19.3 Å². The third-order valence-electron chi connectivity index (χ3n) is 2.36. The molecule has 0 radical (unpaired) electrons. The zero-order valence-corrected chi connectivity index (χ0v) is 5.62. The fourth-order valence-corrected chi connectivity index (χ4v) is 1.70. The predicted octanol–water partition coefficient (Wildman–Crippen LogP) is 0.0728. The van der Waals surface area contributed by atoms with E-state index in [2.05, 4.69) is 0 Å². The molecule has 3 heteroatoms. The van der Waals surface area contributed by atoms with Crippen molar-refractivity contribution in [2.75, 3.05) is 0 Å². The molecule has 56 valence electrons. The molecule has 3 nitrogen and oxygen atoms in total. The maximum Gasteiger partial charge on any atom is 0.309 e. The molecule has 2 fully saturated rings. The van der Waals surface area contributed by atoms with Gasteiger partial charge < -0.3 is 9.84 Å². The number of esters is 1. The van der Waals surface area contributed by atoms with Crippen LogP contribution in [0.25, 0.3) is 0 Å². The second-order valence-corrected chi connectivity index (χ2v) is 3.05. The lowest BCUT2D eigenvalue weighted by Gasteiger charge is -2.19. The summed E-state index contributed by atoms with van der Waals surface area (Å²) in [6.07, 6.45) is 1.67. The van der Waals surface area contributed by atoms with Crippen LogP contribution in [0.5, 0.6) is 0 Å². The first-order chi connectivity index (χ1) is 4.77. The van der Waals surface area contributed by atoms with E-state index >= 15 is 0 Å². The number of aliphatic hydroxyl groups excluding tert-OH is 1. The third kappa shape index (κ3) is 0.736. The Labute approximate surface area is 59.0 Å². The van der Waals surface area contributed by atoms with Crippen molar-refractivity contribution < 1.29 is 14.6 Å². The molecule has 10 heavy (non-hydrogen) atoms. The third-order valence-corrected chi connectivity index (χ3v) is 2.36. The van der Waals surface area contributed by atoms with E-state index in [1.807, 2.05) is 0 Å². The smallest absolute Gasteiger partial charge is 0.309 e. The van der Waals surface area contributed by atoms with E-state index in [-0.39, 0.29) is 18.0 Å². The number of rotatable bonds is 0. The average molecular weight is 142 g/mol. The van der Waals surface area contributed by atoms with Gasteiger partial charge in [0.05, 0.1) is 12.0 Å². The Kier molecular flexibility index (Phi) is 1.20. The van der Waals surface area contributed by atoms with Crippen molar-refractivity contribution in [2.24, 2.45) is 5.92 Å². The van der Waals surface area contributed by atoms with Gasteiger partial charge in [-0.05, 0) is 12.8 Å². The first-order valence-electron chi connectivity index (χ1n) is 3.66. The molecule has 2 bridgehead atoms. The van der Waals surface area contributed by atoms with Crippen molar-refractivity contribution in [1.82, 2.24) is 0 Å². The molecule has 0 aromatic rings. The van der Waals surface area contributed by atoms with Crippen molar-refractivity contribution in [2.45, 2.75) is 31.5 Å². The molecular weight excluding hydrogens is 132 g/mol. The van der Waals surface area contributed by atoms with Gasteiger partial charge in [-0.15, -0.1) is 0 Å². The molecule has 2 rings (SSSR count). The number of fused-ring (bicyclic) bond motifs is 2. The standard InChI is InChI=1S/C7H10O3/c8-5-2-1-4-3-6(5)10-7(4)9/h4-6,8H,1-3H2/t4-,5?,6-/m1/s1. The Morgan fingerprint density at radius 3 is 3.00 bits per heavy atom. The molecule has 2 aliphatic rings. The van der Waals surface area contributed by atoms with E-state index in [9.17, 15) is 9.90 Å². The zero-order chi connectivity index (χ0) is 7.14. The van der Waals surface area contributed by atoms with Crippen molar-refractivity contribution >= 4 is 5.97 Å². The minimum Gasteiger partial charge on any atom is -0.459 e. The highest BCUT2D eigenvalue weighted by molar-refractivity contribution is 5.75. The van der Waals surface area contributed by atoms with Crippen LogP contribution < -0.4 is 0 Å². The molecule has 1 unspecified atom stereocenters. The van der Waals surface area contributed by atoms with E-state index in [4.69, 9.17) is 4.74 Å². The second kappa shape index (κ2) is 1.95. The van der Waals surface area contributed by atoms with Gasteiger partial charge in [0.1, 0.15) is 6.10 Å². The summed E-state index contributed by atoms with van der Waals surface area (Å²) in [6, 6.07) is 0. The molecule has 1 aliphatic heterocycles. The highest BCUT2D eigenvalue weighted by atomic mass is 16.6. The molecule has 1 saturated heterocycles. The van der Waals surface area contributed by atoms with Crippen molar-refractivity contribution in [1.29, 1.82) is 0 Å². The van der Waals surface area contributed by atoms with E-state index in [1.54, 1.807) is 0 Å². The summed E-state index contributed by atoms with van der Waals surface area (Å²) in [5.74, 6) is -0.0186. The summed E-state index contributed by atoms with van der Waals surface area (Å²) in [5, 5.41) is 9.24. The lowest BCUT2D eigenvalue weighted by atomic mass is 9.88. The summed E-state index contributed by atoms with van der Waals surface area (Å²) in [7, 11) is 0. The highest BCUT2D eigenvalue weighted by Gasteiger charge is 2.42. The summed E-state index contributed by atoms with van der Waals surface area (Å²) < 4.78 is 4.91. The van der Waals surface area contributed by atoms with Crippen LogP contribution in [-0.2, 0) is 9.53 Å². The van der Waals surface area contributed by atoms with Crippen LogP contribution in [0.15, 0.2) is 0 Å². The number of aliphatic hydroxyl groups is 1. The van der Waals surface area contributed by atoms with E-state index in [1.165, 1.54) is 0 Å². The van der Waals surface area contributed by atoms with Crippen molar-refractivity contribution in [3.05, 3.63) is 0 Å². The predicted molar refractivity (Wildman–Crippen MR) is 33.2 cm³/mol. The molecular formula is C7H10O3. The van der Waals surface area contributed by atoms with Gasteiger partial charge in [0.25, 0.3) is 0 Å². The largest absolute Gasteiger partial charge is 0.459 e. The van der Waals surface area contributed by atoms with Gasteiger partial charge in [0.15, 0.2) is 0 Å². The Hall–Kier alpha value is -0.570. The first-order valence-corrected chi connectivity index (χ1v) is 3.66. The van der Waals surface area contributed by atoms with Crippen molar-refractivity contribution in [3.8, 4) is 0 Å². The monoisotopic (exact) mass is 142 g/mol. The zero-order valence-electron chi connectivity index (χ0n) is 5.62. The highest BCUT2D eigenvalue weighted by Crippen LogP contribution is 2.33. The fourth-order valence-electron chi connectivity index (χ4n) is 1.70. The number of hydrogen-bond donors (Lipinski definition) is 1. The molecule has 1 saturated carbocycles. The normalized spacial score (nSPS) is 45.3. The minimum absolute atomic E-state index is 0.0911. The summed E-state index contributed by atoms with van der Waals surface area (Å²) in [6.45, 7) is 0. The molecule has 3 atom stereocenters. The van der Waals surface area contributed by atoms with Crippen LogP contribution in [0.3, 0.4) is 0 Å². The van der Waals surface area contributed by atoms with E-state index < -0.39 is 6.10 Å². The lowest BCUT2D eigenvalue weighted by molar-refractivity contribution is -0.145. The van der Waals surface area contributed by atoms with Gasteiger partial charge in [-0.2, -0.15) is 0 Å². The maximum absolute atomic E-state index is 10.9. The molecule has 1 heterocycles. The van der Waals surface area contributed by atoms with Gasteiger partial charge in [-0.25, -0.2) is 0 Å². The fraction of sp³-hybridized carbons (Fsp3) is 0.857. The van der Waals surface area contributed by atoms with Crippen LogP contribution in [0.2, 0.25) is 0 Å². The molecule has 0 spiro atoms. The van der Waals surface area contributed by atoms with Gasteiger partial charge in [-0.3, -0.25) is 4.79 Å². The van der Waals surface area contributed by atoms with Crippen LogP contribution >= 0.6 is 0 Å². The van der Waals surface area contributed by atoms with Crippen LogP contribution in [0.1, 0.15) is 19.3 Å². The summed E-state index contributed by atoms with van der Waals surface area (Å²) >= 11 is 0. The Balaban J connectivity index is 2.15. The SMILES string of the molecule is O=C1O[C@@H]2C[C@H]1CCC2O. The molecule has 1 aliphatic carbocycles. The topological polar surface area (TPSA) is 46.5 Å². The number of hydrogen-bond acceptors (Lipinski definition) is 3. The number of carbonyl (C=O) groups excluding carboxylic acids is 1. The molecule has 0 amide bonds. The quantitative estimate of drug-likeness (QED) is 0.487. The number of ether oxygens (including phenoxy) is 1.